The van der Waals surface area contributed by atoms with Crippen LogP contribution in [0.25, 0.3) is 0 Å². The zero-order valence-corrected chi connectivity index (χ0v) is 7.96. The fourth-order valence-electron chi connectivity index (χ4n) is 1.83. The fraction of sp³-hybridized carbons (Fsp3) is 0.889. The van der Waals surface area contributed by atoms with Gasteiger partial charge in [0.2, 0.25) is 0 Å². The number of hydrogen-bond acceptors (Lipinski definition) is 3. The Bertz CT molecular complexity index is 170. The van der Waals surface area contributed by atoms with Crippen molar-refractivity contribution in [3.05, 3.63) is 0 Å². The molecule has 3 atom stereocenters. The second-order valence-corrected chi connectivity index (χ2v) is 3.73. The molecule has 70 valence electrons. The van der Waals surface area contributed by atoms with Crippen molar-refractivity contribution in [1.82, 2.24) is 5.32 Å². The van der Waals surface area contributed by atoms with Crippen LogP contribution in [0.3, 0.4) is 0 Å². The van der Waals surface area contributed by atoms with E-state index in [9.17, 15) is 4.79 Å². The molecule has 0 aromatic heterocycles. The van der Waals surface area contributed by atoms with Crippen LogP contribution in [0.2, 0.25) is 0 Å². The zero-order valence-electron chi connectivity index (χ0n) is 7.96. The van der Waals surface area contributed by atoms with Gasteiger partial charge in [0, 0.05) is 0 Å². The highest BCUT2D eigenvalue weighted by atomic mass is 16.5. The Morgan fingerprint density at radius 3 is 2.67 bits per heavy atom. The minimum atomic E-state index is -0.130. The maximum atomic E-state index is 11.2. The molecule has 1 aliphatic rings. The van der Waals surface area contributed by atoms with E-state index in [1.807, 2.05) is 0 Å². The number of rotatable bonds is 1. The normalized spacial score (nSPS) is 36.1. The largest absolute Gasteiger partial charge is 0.468 e. The van der Waals surface area contributed by atoms with Crippen LogP contribution in [0.1, 0.15) is 20.3 Å². The van der Waals surface area contributed by atoms with Crippen LogP contribution in [0.5, 0.6) is 0 Å². The lowest BCUT2D eigenvalue weighted by atomic mass is 9.87. The number of methoxy groups -OCH3 is 1. The SMILES string of the molecule is COC(=O)C1NCC(C)CC1C. The molecule has 3 nitrogen and oxygen atoms in total. The molecule has 1 aliphatic heterocycles. The average Bonchev–Trinajstić information content (AvgIpc) is 2.03. The van der Waals surface area contributed by atoms with Crippen LogP contribution in [0.4, 0.5) is 0 Å². The van der Waals surface area contributed by atoms with E-state index in [2.05, 4.69) is 19.2 Å². The van der Waals surface area contributed by atoms with Crippen molar-refractivity contribution in [3.63, 3.8) is 0 Å². The van der Waals surface area contributed by atoms with Crippen molar-refractivity contribution in [2.24, 2.45) is 11.8 Å². The van der Waals surface area contributed by atoms with Gasteiger partial charge in [0.15, 0.2) is 0 Å². The highest BCUT2D eigenvalue weighted by Crippen LogP contribution is 2.20. The second kappa shape index (κ2) is 3.90. The van der Waals surface area contributed by atoms with Crippen molar-refractivity contribution < 1.29 is 9.53 Å². The van der Waals surface area contributed by atoms with Gasteiger partial charge in [0.1, 0.15) is 6.04 Å². The smallest absolute Gasteiger partial charge is 0.323 e. The highest BCUT2D eigenvalue weighted by molar-refractivity contribution is 5.76. The molecule has 3 heteroatoms. The van der Waals surface area contributed by atoms with Gasteiger partial charge in [0.05, 0.1) is 7.11 Å². The van der Waals surface area contributed by atoms with Crippen LogP contribution in [0, 0.1) is 11.8 Å². The molecule has 1 heterocycles. The number of esters is 1. The third-order valence-corrected chi connectivity index (χ3v) is 2.48. The summed E-state index contributed by atoms with van der Waals surface area (Å²) in [7, 11) is 1.44. The van der Waals surface area contributed by atoms with Crippen LogP contribution in [-0.2, 0) is 9.53 Å². The summed E-state index contributed by atoms with van der Waals surface area (Å²) in [5.74, 6) is 0.927. The summed E-state index contributed by atoms with van der Waals surface area (Å²) in [6.45, 7) is 5.20. The number of nitrogens with one attached hydrogen (secondary N) is 1. The molecular formula is C9H17NO2. The standard InChI is InChI=1S/C9H17NO2/c1-6-4-7(2)8(10-5-6)9(11)12-3/h6-8,10H,4-5H2,1-3H3. The number of carbonyl (C=O) groups is 1. The van der Waals surface area contributed by atoms with Gasteiger partial charge in [-0.2, -0.15) is 0 Å². The first-order valence-corrected chi connectivity index (χ1v) is 4.46. The molecule has 1 N–H and O–H groups in total. The first-order chi connectivity index (χ1) is 5.65. The Morgan fingerprint density at radius 2 is 2.17 bits per heavy atom. The Kier molecular flexibility index (Phi) is 3.09. The van der Waals surface area contributed by atoms with E-state index in [1.54, 1.807) is 0 Å². The van der Waals surface area contributed by atoms with Gasteiger partial charge in [-0.3, -0.25) is 4.79 Å². The first-order valence-electron chi connectivity index (χ1n) is 4.46. The van der Waals surface area contributed by atoms with Gasteiger partial charge in [-0.15, -0.1) is 0 Å². The van der Waals surface area contributed by atoms with Crippen molar-refractivity contribution in [2.45, 2.75) is 26.3 Å². The molecule has 1 rings (SSSR count). The molecule has 0 bridgehead atoms. The number of ether oxygens (including phenoxy) is 1. The lowest BCUT2D eigenvalue weighted by Gasteiger charge is -2.31. The summed E-state index contributed by atoms with van der Waals surface area (Å²) in [5.41, 5.74) is 0. The lowest BCUT2D eigenvalue weighted by molar-refractivity contribution is -0.145. The number of piperidine rings is 1. The first kappa shape index (κ1) is 9.52. The quantitative estimate of drug-likeness (QED) is 0.593. The van der Waals surface area contributed by atoms with E-state index in [0.717, 1.165) is 13.0 Å². The van der Waals surface area contributed by atoms with Crippen LogP contribution < -0.4 is 5.32 Å². The minimum absolute atomic E-state index is 0.0915. The summed E-state index contributed by atoms with van der Waals surface area (Å²) in [6, 6.07) is -0.0915. The van der Waals surface area contributed by atoms with Crippen molar-refractivity contribution >= 4 is 5.97 Å². The zero-order chi connectivity index (χ0) is 9.14. The van der Waals surface area contributed by atoms with Crippen LogP contribution in [0.15, 0.2) is 0 Å². The number of hydrogen-bond donors (Lipinski definition) is 1. The Morgan fingerprint density at radius 1 is 1.50 bits per heavy atom. The van der Waals surface area contributed by atoms with Crippen molar-refractivity contribution in [3.8, 4) is 0 Å². The third kappa shape index (κ3) is 1.97. The maximum Gasteiger partial charge on any atom is 0.323 e. The van der Waals surface area contributed by atoms with Crippen molar-refractivity contribution in [2.75, 3.05) is 13.7 Å². The molecule has 0 aromatic carbocycles. The van der Waals surface area contributed by atoms with E-state index >= 15 is 0 Å². The van der Waals surface area contributed by atoms with E-state index in [4.69, 9.17) is 4.74 Å². The van der Waals surface area contributed by atoms with Crippen LogP contribution >= 0.6 is 0 Å². The van der Waals surface area contributed by atoms with Gasteiger partial charge in [-0.05, 0) is 24.8 Å². The van der Waals surface area contributed by atoms with Crippen molar-refractivity contribution in [1.29, 1.82) is 0 Å². The molecular weight excluding hydrogens is 154 g/mol. The van der Waals surface area contributed by atoms with Gasteiger partial charge < -0.3 is 10.1 Å². The Balaban J connectivity index is 2.50. The molecule has 0 aliphatic carbocycles. The Hall–Kier alpha value is -0.570. The summed E-state index contributed by atoms with van der Waals surface area (Å²) in [5, 5.41) is 3.19. The van der Waals surface area contributed by atoms with Gasteiger partial charge >= 0.3 is 5.97 Å². The molecule has 0 saturated carbocycles. The predicted molar refractivity (Wildman–Crippen MR) is 46.8 cm³/mol. The van der Waals surface area contributed by atoms with Gasteiger partial charge in [0.25, 0.3) is 0 Å². The molecule has 1 fully saturated rings. The molecule has 12 heavy (non-hydrogen) atoms. The predicted octanol–water partition coefficient (Wildman–Crippen LogP) is 0.793. The summed E-state index contributed by atoms with van der Waals surface area (Å²) in [4.78, 5) is 11.2. The average molecular weight is 171 g/mol. The fourth-order valence-corrected chi connectivity index (χ4v) is 1.83. The molecule has 0 amide bonds. The monoisotopic (exact) mass is 171 g/mol. The third-order valence-electron chi connectivity index (χ3n) is 2.48. The van der Waals surface area contributed by atoms with E-state index in [0.29, 0.717) is 11.8 Å². The number of carbonyl (C=O) groups excluding carboxylic acids is 1. The lowest BCUT2D eigenvalue weighted by Crippen LogP contribution is -2.48. The maximum absolute atomic E-state index is 11.2. The molecule has 0 aromatic rings. The molecule has 3 unspecified atom stereocenters. The van der Waals surface area contributed by atoms with Crippen LogP contribution in [-0.4, -0.2) is 25.7 Å². The Labute approximate surface area is 73.5 Å². The summed E-state index contributed by atoms with van der Waals surface area (Å²) in [6.07, 6.45) is 1.10. The van der Waals surface area contributed by atoms with Gasteiger partial charge in [-0.1, -0.05) is 13.8 Å². The minimum Gasteiger partial charge on any atom is -0.468 e. The summed E-state index contributed by atoms with van der Waals surface area (Å²) < 4.78 is 4.69. The van der Waals surface area contributed by atoms with E-state index < -0.39 is 0 Å². The molecule has 1 saturated heterocycles. The summed E-state index contributed by atoms with van der Waals surface area (Å²) >= 11 is 0. The second-order valence-electron chi connectivity index (χ2n) is 3.73. The molecule has 0 spiro atoms. The van der Waals surface area contributed by atoms with E-state index in [-0.39, 0.29) is 12.0 Å². The highest BCUT2D eigenvalue weighted by Gasteiger charge is 2.30. The topological polar surface area (TPSA) is 38.3 Å². The molecule has 0 radical (unpaired) electrons. The van der Waals surface area contributed by atoms with E-state index in [1.165, 1.54) is 7.11 Å². The van der Waals surface area contributed by atoms with Gasteiger partial charge in [-0.25, -0.2) is 0 Å².